The number of aromatic nitrogens is 2. The second-order valence-electron chi connectivity index (χ2n) is 8.10. The number of anilines is 2. The molecule has 180 valence electrons. The van der Waals surface area contributed by atoms with Crippen LogP contribution in [0.25, 0.3) is 11.7 Å². The Morgan fingerprint density at radius 2 is 1.83 bits per heavy atom. The maximum absolute atomic E-state index is 13.5. The van der Waals surface area contributed by atoms with Crippen LogP contribution >= 0.6 is 0 Å². The number of hydrogen-bond donors (Lipinski definition) is 0. The van der Waals surface area contributed by atoms with E-state index in [0.717, 1.165) is 17.0 Å². The largest absolute Gasteiger partial charge is 0.497 e. The number of piperazine rings is 1. The van der Waals surface area contributed by atoms with Gasteiger partial charge in [-0.05, 0) is 55.8 Å². The van der Waals surface area contributed by atoms with Crippen molar-refractivity contribution in [3.05, 3.63) is 69.6 Å². The Morgan fingerprint density at radius 3 is 2.46 bits per heavy atom. The van der Waals surface area contributed by atoms with Gasteiger partial charge in [-0.3, -0.25) is 9.20 Å². The molecule has 0 spiro atoms. The summed E-state index contributed by atoms with van der Waals surface area (Å²) in [5.74, 6) is 0.490. The number of carbonyl (C=O) groups excluding carboxylic acids is 1. The molecule has 4 rings (SSSR count). The molecule has 3 heterocycles. The fraction of sp³-hybridized carbons (Fsp3) is 0.308. The third-order valence-corrected chi connectivity index (χ3v) is 5.99. The highest BCUT2D eigenvalue weighted by molar-refractivity contribution is 5.98. The number of fused-ring (bicyclic) bond motifs is 1. The lowest BCUT2D eigenvalue weighted by Gasteiger charge is -2.37. The van der Waals surface area contributed by atoms with Crippen molar-refractivity contribution >= 4 is 29.2 Å². The number of nitriles is 1. The number of ether oxygens (including phenoxy) is 2. The van der Waals surface area contributed by atoms with Crippen LogP contribution in [-0.2, 0) is 9.53 Å². The first-order valence-corrected chi connectivity index (χ1v) is 11.4. The van der Waals surface area contributed by atoms with Crippen molar-refractivity contribution in [1.29, 1.82) is 5.26 Å². The zero-order chi connectivity index (χ0) is 24.9. The minimum atomic E-state index is -0.765. The van der Waals surface area contributed by atoms with Crippen molar-refractivity contribution < 1.29 is 14.3 Å². The van der Waals surface area contributed by atoms with Crippen LogP contribution in [0.1, 0.15) is 18.1 Å². The van der Waals surface area contributed by atoms with Crippen molar-refractivity contribution in [2.45, 2.75) is 13.8 Å². The van der Waals surface area contributed by atoms with Crippen LogP contribution in [0.5, 0.6) is 5.75 Å². The molecule has 0 aliphatic carbocycles. The van der Waals surface area contributed by atoms with Gasteiger partial charge in [-0.25, -0.2) is 9.78 Å². The molecule has 9 heteroatoms. The Balaban J connectivity index is 1.73. The summed E-state index contributed by atoms with van der Waals surface area (Å²) >= 11 is 0. The van der Waals surface area contributed by atoms with Crippen LogP contribution in [0.2, 0.25) is 0 Å². The van der Waals surface area contributed by atoms with E-state index in [1.165, 1.54) is 10.5 Å². The van der Waals surface area contributed by atoms with Crippen LogP contribution in [-0.4, -0.2) is 55.2 Å². The van der Waals surface area contributed by atoms with Crippen molar-refractivity contribution in [2.24, 2.45) is 0 Å². The molecule has 1 aromatic carbocycles. The van der Waals surface area contributed by atoms with Gasteiger partial charge in [-0.2, -0.15) is 5.26 Å². The molecule has 0 saturated carbocycles. The average molecular weight is 474 g/mol. The molecule has 0 unspecified atom stereocenters. The van der Waals surface area contributed by atoms with Gasteiger partial charge >= 0.3 is 5.97 Å². The molecule has 1 saturated heterocycles. The average Bonchev–Trinajstić information content (AvgIpc) is 2.89. The zero-order valence-corrected chi connectivity index (χ0v) is 20.0. The summed E-state index contributed by atoms with van der Waals surface area (Å²) in [4.78, 5) is 34.9. The summed E-state index contributed by atoms with van der Waals surface area (Å²) in [5.41, 5.74) is 2.08. The van der Waals surface area contributed by atoms with Gasteiger partial charge in [-0.15, -0.1) is 0 Å². The number of methoxy groups -OCH3 is 1. The first kappa shape index (κ1) is 23.8. The van der Waals surface area contributed by atoms with Gasteiger partial charge in [0.1, 0.15) is 28.9 Å². The fourth-order valence-corrected chi connectivity index (χ4v) is 4.13. The molecule has 35 heavy (non-hydrogen) atoms. The lowest BCUT2D eigenvalue weighted by Crippen LogP contribution is -2.47. The Hall–Kier alpha value is -4.32. The minimum absolute atomic E-state index is 0.131. The number of benzene rings is 1. The highest BCUT2D eigenvalue weighted by atomic mass is 16.5. The van der Waals surface area contributed by atoms with E-state index < -0.39 is 5.97 Å². The SMILES string of the molecule is CCOC(=O)C(C#N)=Cc1c(N2CCN(c3ccc(OC)cc3)CC2)nc2c(C)cccn2c1=O. The van der Waals surface area contributed by atoms with Gasteiger partial charge in [-0.1, -0.05) is 6.07 Å². The predicted molar refractivity (Wildman–Crippen MR) is 134 cm³/mol. The van der Waals surface area contributed by atoms with Crippen LogP contribution in [0.3, 0.4) is 0 Å². The second kappa shape index (κ2) is 10.3. The van der Waals surface area contributed by atoms with Crippen molar-refractivity contribution in [1.82, 2.24) is 9.38 Å². The number of carbonyl (C=O) groups is 1. The molecule has 0 N–H and O–H groups in total. The first-order valence-electron chi connectivity index (χ1n) is 11.4. The predicted octanol–water partition coefficient (Wildman–Crippen LogP) is 2.81. The number of rotatable bonds is 6. The van der Waals surface area contributed by atoms with Gasteiger partial charge in [0.05, 0.1) is 19.3 Å². The lowest BCUT2D eigenvalue weighted by molar-refractivity contribution is -0.137. The van der Waals surface area contributed by atoms with Crippen molar-refractivity contribution in [3.8, 4) is 11.8 Å². The van der Waals surface area contributed by atoms with Crippen LogP contribution in [0.4, 0.5) is 11.5 Å². The van der Waals surface area contributed by atoms with Gasteiger partial charge in [0, 0.05) is 38.1 Å². The maximum Gasteiger partial charge on any atom is 0.348 e. The highest BCUT2D eigenvalue weighted by Crippen LogP contribution is 2.25. The molecular formula is C26H27N5O4. The molecular weight excluding hydrogens is 446 g/mol. The molecule has 2 aromatic heterocycles. The molecule has 1 fully saturated rings. The van der Waals surface area contributed by atoms with Crippen molar-refractivity contribution in [3.63, 3.8) is 0 Å². The van der Waals surface area contributed by atoms with E-state index in [4.69, 9.17) is 14.5 Å². The topological polar surface area (TPSA) is 100 Å². The highest BCUT2D eigenvalue weighted by Gasteiger charge is 2.24. The van der Waals surface area contributed by atoms with Crippen LogP contribution < -0.4 is 20.1 Å². The summed E-state index contributed by atoms with van der Waals surface area (Å²) in [7, 11) is 1.64. The Labute approximate surface area is 203 Å². The fourth-order valence-electron chi connectivity index (χ4n) is 4.13. The van der Waals surface area contributed by atoms with E-state index in [2.05, 4.69) is 4.90 Å². The number of hydrogen-bond acceptors (Lipinski definition) is 8. The molecule has 0 bridgehead atoms. The Bertz CT molecular complexity index is 1360. The number of nitrogens with zero attached hydrogens (tertiary/aromatic N) is 5. The molecule has 1 aliphatic heterocycles. The third kappa shape index (κ3) is 4.82. The van der Waals surface area contributed by atoms with Gasteiger partial charge in [0.25, 0.3) is 5.56 Å². The minimum Gasteiger partial charge on any atom is -0.497 e. The molecule has 0 atom stereocenters. The Morgan fingerprint density at radius 1 is 1.14 bits per heavy atom. The van der Waals surface area contributed by atoms with Crippen LogP contribution in [0.15, 0.2) is 53.0 Å². The van der Waals surface area contributed by atoms with Gasteiger partial charge in [0.15, 0.2) is 0 Å². The normalized spacial score (nSPS) is 14.1. The smallest absolute Gasteiger partial charge is 0.348 e. The summed E-state index contributed by atoms with van der Waals surface area (Å²) in [6.45, 7) is 6.34. The summed E-state index contributed by atoms with van der Waals surface area (Å²) < 4.78 is 11.7. The summed E-state index contributed by atoms with van der Waals surface area (Å²) in [5, 5.41) is 9.55. The third-order valence-electron chi connectivity index (χ3n) is 5.99. The monoisotopic (exact) mass is 473 g/mol. The van der Waals surface area contributed by atoms with Gasteiger partial charge in [0.2, 0.25) is 0 Å². The van der Waals surface area contributed by atoms with Crippen LogP contribution in [0, 0.1) is 18.3 Å². The van der Waals surface area contributed by atoms with E-state index in [0.29, 0.717) is 37.6 Å². The maximum atomic E-state index is 13.5. The molecule has 0 radical (unpaired) electrons. The summed E-state index contributed by atoms with van der Waals surface area (Å²) in [6, 6.07) is 13.4. The summed E-state index contributed by atoms with van der Waals surface area (Å²) in [6.07, 6.45) is 2.93. The molecule has 9 nitrogen and oxygen atoms in total. The molecule has 0 amide bonds. The van der Waals surface area contributed by atoms with E-state index >= 15 is 0 Å². The number of pyridine rings is 1. The van der Waals surface area contributed by atoms with E-state index in [9.17, 15) is 14.9 Å². The zero-order valence-electron chi connectivity index (χ0n) is 20.0. The van der Waals surface area contributed by atoms with E-state index in [-0.39, 0.29) is 23.3 Å². The first-order chi connectivity index (χ1) is 17.0. The Kier molecular flexibility index (Phi) is 7.01. The lowest BCUT2D eigenvalue weighted by atomic mass is 10.1. The van der Waals surface area contributed by atoms with E-state index in [1.54, 1.807) is 26.3 Å². The van der Waals surface area contributed by atoms with Gasteiger partial charge < -0.3 is 19.3 Å². The standard InChI is InChI=1S/C26H27N5O4/c1-4-35-26(33)19(17-27)16-22-24(28-23-18(2)6-5-11-31(23)25(22)32)30-14-12-29(13-15-30)20-7-9-21(34-3)10-8-20/h5-11,16H,4,12-15H2,1-3H3. The number of aryl methyl sites for hydroxylation is 1. The van der Waals surface area contributed by atoms with Crippen molar-refractivity contribution in [2.75, 3.05) is 49.7 Å². The number of esters is 1. The molecule has 3 aromatic rings. The molecule has 1 aliphatic rings. The van der Waals surface area contributed by atoms with E-state index in [1.807, 2.05) is 48.2 Å². The second-order valence-corrected chi connectivity index (χ2v) is 8.10. The quantitative estimate of drug-likeness (QED) is 0.306.